The lowest BCUT2D eigenvalue weighted by molar-refractivity contribution is -0.134. The van der Waals surface area contributed by atoms with Gasteiger partial charge in [-0.1, -0.05) is 17.3 Å². The minimum Gasteiger partial charge on any atom is -0.491 e. The summed E-state index contributed by atoms with van der Waals surface area (Å²) in [5.74, 6) is 1.38. The van der Waals surface area contributed by atoms with Crippen LogP contribution in [0.15, 0.2) is 91.6 Å². The molecule has 1 amide bonds. The maximum Gasteiger partial charge on any atom is 0.337 e. The van der Waals surface area contributed by atoms with Crippen molar-refractivity contribution in [2.45, 2.75) is 52.0 Å². The van der Waals surface area contributed by atoms with E-state index in [2.05, 4.69) is 51.0 Å². The number of aromatic carboxylic acids is 1. The van der Waals surface area contributed by atoms with Crippen molar-refractivity contribution in [3.63, 3.8) is 0 Å². The number of pyridine rings is 3. The summed E-state index contributed by atoms with van der Waals surface area (Å²) in [5, 5.41) is 27.1. The van der Waals surface area contributed by atoms with Crippen LogP contribution >= 0.6 is 0 Å². The minimum atomic E-state index is -1.05. The van der Waals surface area contributed by atoms with Gasteiger partial charge in [0.05, 0.1) is 68.2 Å². The number of carbonyl (C=O) groups is 3. The number of carboxylic acid groups (broad SMARTS) is 1. The third-order valence-corrected chi connectivity index (χ3v) is 13.7. The first-order valence-electron chi connectivity index (χ1n) is 25.6. The normalized spacial score (nSPS) is 16.6. The molecular formula is C54H62N14O9. The third-order valence-electron chi connectivity index (χ3n) is 13.7. The topological polar surface area (TPSA) is 253 Å². The van der Waals surface area contributed by atoms with Crippen LogP contribution < -0.4 is 19.3 Å². The predicted molar refractivity (Wildman–Crippen MR) is 280 cm³/mol. The largest absolute Gasteiger partial charge is 0.491 e. The van der Waals surface area contributed by atoms with Gasteiger partial charge in [-0.15, -0.1) is 5.10 Å². The summed E-state index contributed by atoms with van der Waals surface area (Å²) in [5.41, 5.74) is 2.69. The lowest BCUT2D eigenvalue weighted by Crippen LogP contribution is -2.55. The van der Waals surface area contributed by atoms with Crippen molar-refractivity contribution >= 4 is 29.4 Å². The van der Waals surface area contributed by atoms with Crippen LogP contribution in [0.3, 0.4) is 0 Å². The summed E-state index contributed by atoms with van der Waals surface area (Å²) in [7, 11) is 0. The molecule has 402 valence electrons. The Kier molecular flexibility index (Phi) is 17.6. The van der Waals surface area contributed by atoms with Gasteiger partial charge in [-0.05, 0) is 57.2 Å². The summed E-state index contributed by atoms with van der Waals surface area (Å²) < 4.78 is 30.6. The van der Waals surface area contributed by atoms with Crippen LogP contribution in [0.25, 0.3) is 11.3 Å². The molecule has 23 heteroatoms. The number of nitriles is 1. The van der Waals surface area contributed by atoms with Crippen molar-refractivity contribution in [3.05, 3.63) is 120 Å². The quantitative estimate of drug-likeness (QED) is 0.0832. The van der Waals surface area contributed by atoms with E-state index in [4.69, 9.17) is 33.8 Å². The van der Waals surface area contributed by atoms with Crippen molar-refractivity contribution in [3.8, 4) is 34.7 Å². The molecule has 0 aliphatic carbocycles. The van der Waals surface area contributed by atoms with Crippen LogP contribution in [0.4, 0.5) is 11.8 Å². The van der Waals surface area contributed by atoms with Crippen LogP contribution in [0.1, 0.15) is 58.4 Å². The van der Waals surface area contributed by atoms with Gasteiger partial charge >= 0.3 is 5.97 Å². The van der Waals surface area contributed by atoms with Gasteiger partial charge < -0.3 is 43.5 Å². The molecule has 0 saturated carbocycles. The van der Waals surface area contributed by atoms with Crippen LogP contribution in [0.2, 0.25) is 0 Å². The van der Waals surface area contributed by atoms with Crippen molar-refractivity contribution in [1.29, 1.82) is 5.26 Å². The smallest absolute Gasteiger partial charge is 0.337 e. The number of hydrogen-bond donors (Lipinski definition) is 1. The average molecular weight is 1050 g/mol. The van der Waals surface area contributed by atoms with E-state index in [1.807, 2.05) is 48.8 Å². The number of amides is 1. The highest BCUT2D eigenvalue weighted by molar-refractivity contribution is 6.12. The van der Waals surface area contributed by atoms with E-state index in [0.29, 0.717) is 123 Å². The first-order valence-corrected chi connectivity index (χ1v) is 25.6. The van der Waals surface area contributed by atoms with E-state index in [9.17, 15) is 19.6 Å². The molecule has 1 atom stereocenters. The van der Waals surface area contributed by atoms with E-state index in [1.54, 1.807) is 59.8 Å². The average Bonchev–Trinajstić information content (AvgIpc) is 4.01. The SMILES string of the molecule is C[C@@H]1CN(c2ncc(-c3ccc4c(n3)N(Cc3cccnc3C#N)C(C)(C)C4=O)cn2)CCN1C(=O)Cn1cc(COCCOCCN2CCN(CCOCCOc3cccc(Oc4ccc(C(=O)O)cn4)c3)CC2)nn1. The lowest BCUT2D eigenvalue weighted by atomic mass is 9.97. The number of carboxylic acids is 1. The molecule has 9 rings (SSSR count). The number of fused-ring (bicyclic) bond motifs is 1. The zero-order valence-electron chi connectivity index (χ0n) is 43.4. The number of anilines is 2. The van der Waals surface area contributed by atoms with Crippen molar-refractivity contribution in [1.82, 2.24) is 54.6 Å². The molecule has 5 aromatic heterocycles. The van der Waals surface area contributed by atoms with E-state index >= 15 is 0 Å². The Labute approximate surface area is 445 Å². The van der Waals surface area contributed by atoms with Gasteiger partial charge in [0.25, 0.3) is 0 Å². The fourth-order valence-corrected chi connectivity index (χ4v) is 9.31. The van der Waals surface area contributed by atoms with Gasteiger partial charge in [0.2, 0.25) is 17.7 Å². The number of rotatable bonds is 24. The van der Waals surface area contributed by atoms with Crippen LogP contribution in [0, 0.1) is 11.3 Å². The molecule has 0 bridgehead atoms. The van der Waals surface area contributed by atoms with E-state index in [0.717, 1.165) is 39.3 Å². The van der Waals surface area contributed by atoms with Crippen molar-refractivity contribution in [2.75, 3.05) is 108 Å². The monoisotopic (exact) mass is 1050 g/mol. The Morgan fingerprint density at radius 1 is 0.818 bits per heavy atom. The molecular weight excluding hydrogens is 989 g/mol. The maximum absolute atomic E-state index is 13.5. The zero-order valence-corrected chi connectivity index (χ0v) is 43.4. The number of ketones is 1. The molecule has 23 nitrogen and oxygen atoms in total. The first-order chi connectivity index (χ1) is 37.4. The van der Waals surface area contributed by atoms with Gasteiger partial charge in [-0.2, -0.15) is 5.26 Å². The molecule has 3 aliphatic heterocycles. The summed E-state index contributed by atoms with van der Waals surface area (Å²) in [4.78, 5) is 71.1. The second-order valence-electron chi connectivity index (χ2n) is 19.3. The number of ether oxygens (including phenoxy) is 5. The highest BCUT2D eigenvalue weighted by Crippen LogP contribution is 2.40. The number of nitrogens with zero attached hydrogens (tertiary/aromatic N) is 14. The van der Waals surface area contributed by atoms with Crippen molar-refractivity contribution in [2.24, 2.45) is 0 Å². The molecule has 2 fully saturated rings. The summed E-state index contributed by atoms with van der Waals surface area (Å²) in [6, 6.07) is 19.4. The Bertz CT molecular complexity index is 3020. The second kappa shape index (κ2) is 25.2. The molecule has 0 radical (unpaired) electrons. The molecule has 0 unspecified atom stereocenters. The molecule has 8 heterocycles. The number of carbonyl (C=O) groups excluding carboxylic acids is 2. The summed E-state index contributed by atoms with van der Waals surface area (Å²) in [6.07, 6.45) is 8.01. The van der Waals surface area contributed by atoms with E-state index in [-0.39, 0.29) is 42.3 Å². The summed E-state index contributed by atoms with van der Waals surface area (Å²) >= 11 is 0. The van der Waals surface area contributed by atoms with Gasteiger partial charge in [0.1, 0.15) is 47.9 Å². The molecule has 2 saturated heterocycles. The maximum atomic E-state index is 13.5. The van der Waals surface area contributed by atoms with E-state index < -0.39 is 11.5 Å². The van der Waals surface area contributed by atoms with Crippen molar-refractivity contribution < 1.29 is 43.2 Å². The Balaban J connectivity index is 0.612. The molecule has 1 N–H and O–H groups in total. The number of benzene rings is 1. The fourth-order valence-electron chi connectivity index (χ4n) is 9.31. The molecule has 77 heavy (non-hydrogen) atoms. The molecule has 1 aromatic carbocycles. The molecule has 0 spiro atoms. The zero-order chi connectivity index (χ0) is 53.7. The highest BCUT2D eigenvalue weighted by atomic mass is 16.5. The highest BCUT2D eigenvalue weighted by Gasteiger charge is 2.45. The Morgan fingerprint density at radius 2 is 1.56 bits per heavy atom. The number of Topliss-reactive ketones (excluding diaryl/α,β-unsaturated/α-hetero) is 1. The van der Waals surface area contributed by atoms with Gasteiger partial charge in [-0.25, -0.2) is 34.4 Å². The van der Waals surface area contributed by atoms with Gasteiger partial charge in [0.15, 0.2) is 5.78 Å². The predicted octanol–water partition coefficient (Wildman–Crippen LogP) is 4.25. The fraction of sp³-hybridized carbons (Fsp3) is 0.426. The van der Waals surface area contributed by atoms with Gasteiger partial charge in [-0.3, -0.25) is 19.4 Å². The van der Waals surface area contributed by atoms with E-state index in [1.165, 1.54) is 18.3 Å². The Morgan fingerprint density at radius 3 is 2.27 bits per heavy atom. The van der Waals surface area contributed by atoms with Crippen LogP contribution in [-0.2, 0) is 38.7 Å². The Hall–Kier alpha value is -8.01. The third kappa shape index (κ3) is 13.7. The molecule has 3 aliphatic rings. The number of piperazine rings is 2. The molecule has 6 aromatic rings. The second-order valence-corrected chi connectivity index (χ2v) is 19.3. The minimum absolute atomic E-state index is 0.0453. The number of aromatic nitrogens is 8. The number of hydrogen-bond acceptors (Lipinski definition) is 20. The standard InChI is InChI=1S/C54H62N14O9/c1-38-33-65(53-58-31-41(32-59-53)46-11-10-45-50(70)54(2,3)68(51(45)60-46)34-40-6-5-13-56-47(40)29-55)18-19-67(38)49(69)36-66-35-42(61-62-66)37-75-25-24-73-22-20-63-14-16-64(17-15-63)21-23-74-26-27-76-43-7-4-8-44(28-43)77-48-12-9-39(30-57-48)52(71)72/h4-13,28,30-32,35,38H,14-27,33-34,36-37H2,1-3H3,(H,71,72)/t38-/m1/s1. The van der Waals surface area contributed by atoms with Crippen LogP contribution in [0.5, 0.6) is 17.4 Å². The van der Waals surface area contributed by atoms with Crippen LogP contribution in [-0.4, -0.2) is 188 Å². The van der Waals surface area contributed by atoms with Gasteiger partial charge in [0, 0.05) is 120 Å². The summed E-state index contributed by atoms with van der Waals surface area (Å²) in [6.45, 7) is 16.4. The first kappa shape index (κ1) is 53.8. The lowest BCUT2D eigenvalue weighted by Gasteiger charge is -2.39.